The second-order valence-electron chi connectivity index (χ2n) is 6.54. The van der Waals surface area contributed by atoms with Gasteiger partial charge in [-0.3, -0.25) is 9.59 Å². The van der Waals surface area contributed by atoms with E-state index in [4.69, 9.17) is 4.74 Å². The highest BCUT2D eigenvalue weighted by atomic mass is 16.5. The topological polar surface area (TPSA) is 54.8 Å². The van der Waals surface area contributed by atoms with E-state index in [0.29, 0.717) is 17.0 Å². The zero-order valence-corrected chi connectivity index (χ0v) is 16.2. The van der Waals surface area contributed by atoms with Crippen LogP contribution in [0.4, 0.5) is 11.4 Å². The van der Waals surface area contributed by atoms with Gasteiger partial charge in [0, 0.05) is 33.9 Å². The van der Waals surface area contributed by atoms with Crippen LogP contribution in [0, 0.1) is 0 Å². The lowest BCUT2D eigenvalue weighted by molar-refractivity contribution is 0.0992. The summed E-state index contributed by atoms with van der Waals surface area (Å²) in [6, 6.07) is 14.8. The first-order chi connectivity index (χ1) is 12.9. The highest BCUT2D eigenvalue weighted by molar-refractivity contribution is 6.14. The molecule has 1 aromatic heterocycles. The Morgan fingerprint density at radius 3 is 2.26 bits per heavy atom. The van der Waals surface area contributed by atoms with E-state index in [2.05, 4.69) is 0 Å². The summed E-state index contributed by atoms with van der Waals surface area (Å²) in [7, 11) is 8.56. The smallest absolute Gasteiger partial charge is 0.265 e. The summed E-state index contributed by atoms with van der Waals surface area (Å²) < 4.78 is 7.02. The van der Waals surface area contributed by atoms with Gasteiger partial charge in [-0.15, -0.1) is 0 Å². The van der Waals surface area contributed by atoms with Gasteiger partial charge in [0.2, 0.25) is 0 Å². The van der Waals surface area contributed by atoms with Gasteiger partial charge >= 0.3 is 0 Å². The molecule has 0 aliphatic heterocycles. The summed E-state index contributed by atoms with van der Waals surface area (Å²) in [5.74, 6) is 0.251. The van der Waals surface area contributed by atoms with E-state index in [-0.39, 0.29) is 17.0 Å². The SMILES string of the molecule is COc1cccc2c1c(N(C)C)c(C(=O)N(C)c1ccccc1)c(=O)n2C. The number of rotatable bonds is 4. The van der Waals surface area contributed by atoms with Crippen molar-refractivity contribution < 1.29 is 9.53 Å². The van der Waals surface area contributed by atoms with Crippen LogP contribution >= 0.6 is 0 Å². The molecule has 0 radical (unpaired) electrons. The van der Waals surface area contributed by atoms with E-state index < -0.39 is 0 Å². The number of benzene rings is 2. The Morgan fingerprint density at radius 1 is 1.00 bits per heavy atom. The van der Waals surface area contributed by atoms with Crippen LogP contribution in [0.15, 0.2) is 53.3 Å². The first-order valence-electron chi connectivity index (χ1n) is 8.58. The standard InChI is InChI=1S/C21H23N3O3/c1-22(2)19-17-15(12-9-13-16(17)27-5)24(4)21(26)18(19)20(25)23(3)14-10-7-6-8-11-14/h6-13H,1-5H3. The summed E-state index contributed by atoms with van der Waals surface area (Å²) in [6.45, 7) is 0. The van der Waals surface area contributed by atoms with Crippen molar-refractivity contribution in [2.75, 3.05) is 38.1 Å². The Balaban J connectivity index is 2.36. The van der Waals surface area contributed by atoms with Gasteiger partial charge in [0.05, 0.1) is 23.7 Å². The minimum Gasteiger partial charge on any atom is -0.496 e. The van der Waals surface area contributed by atoms with Crippen LogP contribution in [0.5, 0.6) is 5.75 Å². The second-order valence-corrected chi connectivity index (χ2v) is 6.54. The predicted octanol–water partition coefficient (Wildman–Crippen LogP) is 2.89. The van der Waals surface area contributed by atoms with E-state index >= 15 is 0 Å². The molecule has 0 aliphatic rings. The Kier molecular flexibility index (Phi) is 4.90. The van der Waals surface area contributed by atoms with Crippen molar-refractivity contribution in [2.45, 2.75) is 0 Å². The zero-order chi connectivity index (χ0) is 19.7. The van der Waals surface area contributed by atoms with Gasteiger partial charge in [0.1, 0.15) is 11.3 Å². The minimum absolute atomic E-state index is 0.117. The van der Waals surface area contributed by atoms with E-state index in [0.717, 1.165) is 11.1 Å². The molecular formula is C21H23N3O3. The van der Waals surface area contributed by atoms with Crippen molar-refractivity contribution in [2.24, 2.45) is 7.05 Å². The second kappa shape index (κ2) is 7.15. The summed E-state index contributed by atoms with van der Waals surface area (Å²) in [5, 5.41) is 0.733. The van der Waals surface area contributed by atoms with Crippen LogP contribution in [0.3, 0.4) is 0 Å². The number of ether oxygens (including phenoxy) is 1. The molecule has 0 bridgehead atoms. The van der Waals surface area contributed by atoms with E-state index in [9.17, 15) is 9.59 Å². The summed E-state index contributed by atoms with van der Waals surface area (Å²) in [5.41, 5.74) is 1.76. The molecule has 2 aromatic carbocycles. The first kappa shape index (κ1) is 18.5. The number of amides is 1. The third-order valence-electron chi connectivity index (χ3n) is 4.69. The van der Waals surface area contributed by atoms with E-state index in [1.807, 2.05) is 62.6 Å². The molecule has 0 spiro atoms. The zero-order valence-electron chi connectivity index (χ0n) is 16.2. The number of hydrogen-bond acceptors (Lipinski definition) is 4. The average molecular weight is 365 g/mol. The number of pyridine rings is 1. The van der Waals surface area contributed by atoms with Gasteiger partial charge in [0.15, 0.2) is 0 Å². The van der Waals surface area contributed by atoms with Crippen LogP contribution < -0.4 is 20.1 Å². The number of aromatic nitrogens is 1. The van der Waals surface area contributed by atoms with Crippen LogP contribution in [-0.4, -0.2) is 38.7 Å². The fourth-order valence-corrected chi connectivity index (χ4v) is 3.29. The normalized spacial score (nSPS) is 10.7. The van der Waals surface area contributed by atoms with Gasteiger partial charge < -0.3 is 19.1 Å². The molecule has 0 fully saturated rings. The first-order valence-corrected chi connectivity index (χ1v) is 8.58. The van der Waals surface area contributed by atoms with Gasteiger partial charge in [-0.05, 0) is 24.3 Å². The lowest BCUT2D eigenvalue weighted by Crippen LogP contribution is -2.36. The summed E-state index contributed by atoms with van der Waals surface area (Å²) >= 11 is 0. The van der Waals surface area contributed by atoms with Crippen molar-refractivity contribution in [3.05, 3.63) is 64.4 Å². The highest BCUT2D eigenvalue weighted by Gasteiger charge is 2.27. The lowest BCUT2D eigenvalue weighted by atomic mass is 10.1. The third-order valence-corrected chi connectivity index (χ3v) is 4.69. The van der Waals surface area contributed by atoms with Crippen LogP contribution in [-0.2, 0) is 7.05 Å². The molecule has 1 amide bonds. The molecule has 3 aromatic rings. The van der Waals surface area contributed by atoms with Crippen LogP contribution in [0.25, 0.3) is 10.9 Å². The Hall–Kier alpha value is -3.28. The molecule has 1 heterocycles. The molecule has 3 rings (SSSR count). The van der Waals surface area contributed by atoms with Crippen molar-refractivity contribution in [3.63, 3.8) is 0 Å². The minimum atomic E-state index is -0.363. The lowest BCUT2D eigenvalue weighted by Gasteiger charge is -2.25. The maximum absolute atomic E-state index is 13.3. The number of carbonyl (C=O) groups excluding carboxylic acids is 1. The Labute approximate surface area is 158 Å². The van der Waals surface area contributed by atoms with Crippen LogP contribution in [0.1, 0.15) is 10.4 Å². The fourth-order valence-electron chi connectivity index (χ4n) is 3.29. The van der Waals surface area contributed by atoms with Gasteiger partial charge in [-0.1, -0.05) is 24.3 Å². The number of methoxy groups -OCH3 is 1. The third kappa shape index (κ3) is 3.03. The molecule has 0 saturated carbocycles. The number of aryl methyl sites for hydroxylation is 1. The van der Waals surface area contributed by atoms with Crippen molar-refractivity contribution >= 4 is 28.2 Å². The van der Waals surface area contributed by atoms with Gasteiger partial charge in [0.25, 0.3) is 11.5 Å². The largest absolute Gasteiger partial charge is 0.496 e. The van der Waals surface area contributed by atoms with Gasteiger partial charge in [-0.25, -0.2) is 0 Å². The molecule has 27 heavy (non-hydrogen) atoms. The maximum atomic E-state index is 13.3. The van der Waals surface area contributed by atoms with E-state index in [1.165, 1.54) is 9.47 Å². The van der Waals surface area contributed by atoms with Crippen molar-refractivity contribution in [3.8, 4) is 5.75 Å². The molecule has 0 aliphatic carbocycles. The summed E-state index contributed by atoms with van der Waals surface area (Å²) in [4.78, 5) is 29.7. The fraction of sp³-hybridized carbons (Fsp3) is 0.238. The number of hydrogen-bond donors (Lipinski definition) is 0. The number of nitrogens with zero attached hydrogens (tertiary/aromatic N) is 3. The molecule has 6 heteroatoms. The Morgan fingerprint density at radius 2 is 1.67 bits per heavy atom. The molecule has 0 N–H and O–H groups in total. The van der Waals surface area contributed by atoms with Crippen molar-refractivity contribution in [1.82, 2.24) is 4.57 Å². The average Bonchev–Trinajstić information content (AvgIpc) is 2.69. The quantitative estimate of drug-likeness (QED) is 0.713. The number of carbonyl (C=O) groups is 1. The van der Waals surface area contributed by atoms with E-state index in [1.54, 1.807) is 26.1 Å². The molecule has 140 valence electrons. The molecule has 0 saturated heterocycles. The number of anilines is 2. The summed E-state index contributed by atoms with van der Waals surface area (Å²) in [6.07, 6.45) is 0. The van der Waals surface area contributed by atoms with Crippen LogP contribution in [0.2, 0.25) is 0 Å². The monoisotopic (exact) mass is 365 g/mol. The molecule has 0 atom stereocenters. The molecular weight excluding hydrogens is 342 g/mol. The van der Waals surface area contributed by atoms with Crippen molar-refractivity contribution in [1.29, 1.82) is 0 Å². The number of para-hydroxylation sites is 1. The highest BCUT2D eigenvalue weighted by Crippen LogP contribution is 2.35. The molecule has 0 unspecified atom stereocenters. The maximum Gasteiger partial charge on any atom is 0.265 e. The Bertz CT molecular complexity index is 1060. The number of fused-ring (bicyclic) bond motifs is 1. The van der Waals surface area contributed by atoms with Gasteiger partial charge in [-0.2, -0.15) is 0 Å². The predicted molar refractivity (Wildman–Crippen MR) is 109 cm³/mol. The molecule has 6 nitrogen and oxygen atoms in total.